The van der Waals surface area contributed by atoms with Gasteiger partial charge in [0, 0.05) is 32.1 Å². The minimum atomic E-state index is -0.260. The van der Waals surface area contributed by atoms with Gasteiger partial charge in [0.1, 0.15) is 6.10 Å². The Morgan fingerprint density at radius 2 is 2.09 bits per heavy atom. The van der Waals surface area contributed by atoms with E-state index in [2.05, 4.69) is 19.3 Å². The lowest BCUT2D eigenvalue weighted by Crippen LogP contribution is -2.38. The third kappa shape index (κ3) is 2.88. The van der Waals surface area contributed by atoms with Crippen LogP contribution >= 0.6 is 0 Å². The first-order valence-electron chi connectivity index (χ1n) is 8.23. The highest BCUT2D eigenvalue weighted by Gasteiger charge is 2.30. The van der Waals surface area contributed by atoms with Crippen LogP contribution in [0.25, 0.3) is 0 Å². The molecule has 23 heavy (non-hydrogen) atoms. The van der Waals surface area contributed by atoms with Gasteiger partial charge in [-0.15, -0.1) is 10.2 Å². The Bertz CT molecular complexity index is 673. The topological polar surface area (TPSA) is 65.2 Å². The lowest BCUT2D eigenvalue weighted by atomic mass is 10.2. The Morgan fingerprint density at radius 1 is 1.22 bits per heavy atom. The summed E-state index contributed by atoms with van der Waals surface area (Å²) in [6, 6.07) is 4.00. The van der Waals surface area contributed by atoms with Crippen LogP contribution in [0.3, 0.4) is 0 Å². The maximum atomic E-state index is 12.6. The van der Waals surface area contributed by atoms with E-state index in [-0.39, 0.29) is 12.0 Å². The van der Waals surface area contributed by atoms with Gasteiger partial charge in [-0.25, -0.2) is 0 Å². The molecule has 2 aliphatic rings. The second kappa shape index (κ2) is 6.16. The number of nitrogens with zero attached hydrogens (tertiary/aromatic N) is 5. The molecular weight excluding hydrogens is 294 g/mol. The number of hydrogen-bond acceptors (Lipinski definition) is 4. The molecule has 122 valence electrons. The normalized spacial score (nSPS) is 21.2. The molecule has 2 aromatic rings. The molecule has 4 rings (SSSR count). The fourth-order valence-electron chi connectivity index (χ4n) is 3.34. The molecule has 1 atom stereocenters. The number of aromatic nitrogens is 4. The molecule has 7 heteroatoms. The van der Waals surface area contributed by atoms with Gasteiger partial charge >= 0.3 is 0 Å². The summed E-state index contributed by atoms with van der Waals surface area (Å²) in [5.74, 6) is 1.92. The van der Waals surface area contributed by atoms with Gasteiger partial charge < -0.3 is 18.8 Å². The predicted molar refractivity (Wildman–Crippen MR) is 82.6 cm³/mol. The molecule has 2 aliphatic heterocycles. The monoisotopic (exact) mass is 315 g/mol. The average molecular weight is 315 g/mol. The number of carbonyl (C=O) groups excluding carboxylic acids is 1. The summed E-state index contributed by atoms with van der Waals surface area (Å²) < 4.78 is 9.77. The van der Waals surface area contributed by atoms with Crippen LogP contribution in [0.2, 0.25) is 0 Å². The highest BCUT2D eigenvalue weighted by molar-refractivity contribution is 5.81. The fourth-order valence-corrected chi connectivity index (χ4v) is 3.34. The van der Waals surface area contributed by atoms with E-state index in [9.17, 15) is 4.79 Å². The molecule has 7 nitrogen and oxygen atoms in total. The Hall–Kier alpha value is -2.15. The maximum Gasteiger partial charge on any atom is 0.252 e. The van der Waals surface area contributed by atoms with E-state index in [4.69, 9.17) is 4.74 Å². The van der Waals surface area contributed by atoms with E-state index < -0.39 is 0 Å². The molecule has 0 radical (unpaired) electrons. The minimum absolute atomic E-state index is 0.103. The highest BCUT2D eigenvalue weighted by atomic mass is 16.5. The molecule has 1 fully saturated rings. The Kier molecular flexibility index (Phi) is 3.87. The van der Waals surface area contributed by atoms with E-state index in [0.29, 0.717) is 19.7 Å². The molecule has 0 bridgehead atoms. The number of hydrogen-bond donors (Lipinski definition) is 0. The molecule has 0 N–H and O–H groups in total. The van der Waals surface area contributed by atoms with E-state index in [1.165, 1.54) is 0 Å². The molecule has 0 aliphatic carbocycles. The zero-order chi connectivity index (χ0) is 15.6. The summed E-state index contributed by atoms with van der Waals surface area (Å²) in [6.07, 6.45) is 6.51. The van der Waals surface area contributed by atoms with Gasteiger partial charge in [-0.2, -0.15) is 0 Å². The third-order valence-electron chi connectivity index (χ3n) is 4.55. The van der Waals surface area contributed by atoms with Crippen LogP contribution in [-0.4, -0.2) is 49.4 Å². The second-order valence-corrected chi connectivity index (χ2v) is 6.15. The Morgan fingerprint density at radius 3 is 2.87 bits per heavy atom. The molecular formula is C16H21N5O2. The highest BCUT2D eigenvalue weighted by Crippen LogP contribution is 2.19. The van der Waals surface area contributed by atoms with Gasteiger partial charge in [-0.3, -0.25) is 4.79 Å². The summed E-state index contributed by atoms with van der Waals surface area (Å²) in [7, 11) is 0. The number of fused-ring (bicyclic) bond motifs is 1. The molecule has 0 spiro atoms. The van der Waals surface area contributed by atoms with Gasteiger partial charge in [-0.1, -0.05) is 0 Å². The summed E-state index contributed by atoms with van der Waals surface area (Å²) in [4.78, 5) is 14.4. The van der Waals surface area contributed by atoms with Crippen LogP contribution in [-0.2, 0) is 29.2 Å². The van der Waals surface area contributed by atoms with Gasteiger partial charge in [-0.05, 0) is 31.4 Å². The fraction of sp³-hybridized carbons (Fsp3) is 0.562. The SMILES string of the molecule is O=C(C1CCCO1)N1CCCn2c(nnc2Cn2cccc2)C1. The van der Waals surface area contributed by atoms with Gasteiger partial charge in [0.25, 0.3) is 5.91 Å². The van der Waals surface area contributed by atoms with Crippen molar-refractivity contribution >= 4 is 5.91 Å². The standard InChI is InChI=1S/C16H21N5O2/c22-16(13-5-3-10-23-13)20-8-4-9-21-14(17-18-15(21)12-20)11-19-6-1-2-7-19/h1-2,6-7,13H,3-5,8-12H2. The van der Waals surface area contributed by atoms with Crippen molar-refractivity contribution in [3.63, 3.8) is 0 Å². The first-order chi connectivity index (χ1) is 11.3. The van der Waals surface area contributed by atoms with Crippen LogP contribution in [0.1, 0.15) is 30.9 Å². The average Bonchev–Trinajstić information content (AvgIpc) is 3.29. The Balaban J connectivity index is 1.51. The number of rotatable bonds is 3. The quantitative estimate of drug-likeness (QED) is 0.849. The van der Waals surface area contributed by atoms with Crippen molar-refractivity contribution in [1.82, 2.24) is 24.2 Å². The van der Waals surface area contributed by atoms with Crippen molar-refractivity contribution in [2.24, 2.45) is 0 Å². The molecule has 0 saturated carbocycles. The molecule has 2 aromatic heterocycles. The summed E-state index contributed by atoms with van der Waals surface area (Å²) >= 11 is 0. The smallest absolute Gasteiger partial charge is 0.252 e. The third-order valence-corrected chi connectivity index (χ3v) is 4.55. The zero-order valence-electron chi connectivity index (χ0n) is 13.1. The zero-order valence-corrected chi connectivity index (χ0v) is 13.1. The van der Waals surface area contributed by atoms with Crippen molar-refractivity contribution in [3.05, 3.63) is 36.2 Å². The van der Waals surface area contributed by atoms with Crippen LogP contribution in [0.4, 0.5) is 0 Å². The van der Waals surface area contributed by atoms with Crippen LogP contribution in [0, 0.1) is 0 Å². The molecule has 4 heterocycles. The van der Waals surface area contributed by atoms with E-state index in [1.54, 1.807) is 0 Å². The van der Waals surface area contributed by atoms with Crippen LogP contribution in [0.15, 0.2) is 24.5 Å². The summed E-state index contributed by atoms with van der Waals surface area (Å²) in [5, 5.41) is 8.65. The lowest BCUT2D eigenvalue weighted by Gasteiger charge is -2.22. The van der Waals surface area contributed by atoms with Crippen molar-refractivity contribution in [2.45, 2.75) is 45.0 Å². The first kappa shape index (κ1) is 14.4. The predicted octanol–water partition coefficient (Wildman–Crippen LogP) is 1.04. The Labute approximate surface area is 134 Å². The van der Waals surface area contributed by atoms with Crippen LogP contribution < -0.4 is 0 Å². The van der Waals surface area contributed by atoms with Crippen LogP contribution in [0.5, 0.6) is 0 Å². The number of ether oxygens (including phenoxy) is 1. The molecule has 1 unspecified atom stereocenters. The largest absolute Gasteiger partial charge is 0.368 e. The van der Waals surface area contributed by atoms with Gasteiger partial charge in [0.15, 0.2) is 11.6 Å². The molecule has 0 aromatic carbocycles. The number of amides is 1. The number of carbonyl (C=O) groups is 1. The van der Waals surface area contributed by atoms with E-state index >= 15 is 0 Å². The van der Waals surface area contributed by atoms with Crippen molar-refractivity contribution in [3.8, 4) is 0 Å². The minimum Gasteiger partial charge on any atom is -0.368 e. The lowest BCUT2D eigenvalue weighted by molar-refractivity contribution is -0.141. The van der Waals surface area contributed by atoms with Crippen molar-refractivity contribution in [1.29, 1.82) is 0 Å². The molecule has 1 saturated heterocycles. The summed E-state index contributed by atoms with van der Waals surface area (Å²) in [6.45, 7) is 3.54. The van der Waals surface area contributed by atoms with Gasteiger partial charge in [0.05, 0.1) is 13.1 Å². The van der Waals surface area contributed by atoms with Crippen molar-refractivity contribution < 1.29 is 9.53 Å². The van der Waals surface area contributed by atoms with E-state index in [1.807, 2.05) is 29.4 Å². The second-order valence-electron chi connectivity index (χ2n) is 6.15. The summed E-state index contributed by atoms with van der Waals surface area (Å²) in [5.41, 5.74) is 0. The van der Waals surface area contributed by atoms with E-state index in [0.717, 1.165) is 44.0 Å². The maximum absolute atomic E-state index is 12.6. The van der Waals surface area contributed by atoms with Gasteiger partial charge in [0.2, 0.25) is 0 Å². The van der Waals surface area contributed by atoms with Crippen molar-refractivity contribution in [2.75, 3.05) is 13.2 Å². The first-order valence-corrected chi connectivity index (χ1v) is 8.23. The molecule has 1 amide bonds.